The molecule has 32 heavy (non-hydrogen) atoms. The molecule has 2 aromatic carbocycles. The van der Waals surface area contributed by atoms with Crippen LogP contribution in [0.1, 0.15) is 39.0 Å². The fourth-order valence-electron chi connectivity index (χ4n) is 3.89. The number of aromatic nitrogens is 1. The van der Waals surface area contributed by atoms with Gasteiger partial charge < -0.3 is 8.94 Å². The molecule has 160 valence electrons. The molecule has 1 aliphatic rings. The lowest BCUT2D eigenvalue weighted by molar-refractivity contribution is -0.384. The maximum Gasteiger partial charge on any atom is 0.296 e. The van der Waals surface area contributed by atoms with E-state index in [4.69, 9.17) is 20.5 Å². The SMILES string of the molecule is Cc1cc(N2C(=O)c3oc4cc(C)c(Cl)cc4c(=O)c3C2c2ccc([N+](=O)[O-])cc2)no1. The van der Waals surface area contributed by atoms with E-state index in [0.29, 0.717) is 21.9 Å². The Balaban J connectivity index is 1.80. The van der Waals surface area contributed by atoms with Crippen molar-refractivity contribution in [3.8, 4) is 0 Å². The van der Waals surface area contributed by atoms with Crippen LogP contribution in [0.5, 0.6) is 0 Å². The van der Waals surface area contributed by atoms with Crippen molar-refractivity contribution in [1.82, 2.24) is 5.16 Å². The van der Waals surface area contributed by atoms with Gasteiger partial charge in [-0.05, 0) is 49.2 Å². The monoisotopic (exact) mass is 451 g/mol. The van der Waals surface area contributed by atoms with E-state index in [0.717, 1.165) is 0 Å². The van der Waals surface area contributed by atoms with Crippen molar-refractivity contribution < 1.29 is 18.7 Å². The number of nitro benzene ring substituents is 1. The number of carbonyl (C=O) groups is 1. The number of hydrogen-bond acceptors (Lipinski definition) is 7. The van der Waals surface area contributed by atoms with Gasteiger partial charge in [0.25, 0.3) is 11.6 Å². The van der Waals surface area contributed by atoms with Crippen molar-refractivity contribution in [3.05, 3.63) is 96.0 Å². The van der Waals surface area contributed by atoms with Crippen LogP contribution < -0.4 is 10.3 Å². The molecule has 0 saturated heterocycles. The lowest BCUT2D eigenvalue weighted by Gasteiger charge is -2.22. The highest BCUT2D eigenvalue weighted by atomic mass is 35.5. The van der Waals surface area contributed by atoms with Crippen molar-refractivity contribution in [3.63, 3.8) is 0 Å². The Morgan fingerprint density at radius 2 is 1.84 bits per heavy atom. The first-order valence-electron chi connectivity index (χ1n) is 9.54. The van der Waals surface area contributed by atoms with E-state index < -0.39 is 22.3 Å². The number of amides is 1. The molecule has 0 radical (unpaired) electrons. The Hall–Kier alpha value is -3.98. The van der Waals surface area contributed by atoms with E-state index in [2.05, 4.69) is 5.16 Å². The molecule has 10 heteroatoms. The van der Waals surface area contributed by atoms with E-state index >= 15 is 0 Å². The topological polar surface area (TPSA) is 120 Å². The standard InChI is InChI=1S/C22H14ClN3O6/c1-10-7-16-14(9-15(10)23)20(27)18-19(12-3-5-13(6-4-12)26(29)30)25(22(28)21(18)31-16)17-8-11(2)32-24-17/h3-9,19H,1-2H3. The van der Waals surface area contributed by atoms with Crippen LogP contribution in [0.15, 0.2) is 56.2 Å². The molecule has 9 nitrogen and oxygen atoms in total. The molecule has 0 N–H and O–H groups in total. The van der Waals surface area contributed by atoms with Crippen LogP contribution in [0, 0.1) is 24.0 Å². The lowest BCUT2D eigenvalue weighted by Crippen LogP contribution is -2.29. The second-order valence-corrected chi connectivity index (χ2v) is 7.90. The van der Waals surface area contributed by atoms with Gasteiger partial charge in [0.1, 0.15) is 11.3 Å². The fraction of sp³-hybridized carbons (Fsp3) is 0.136. The average Bonchev–Trinajstić information content (AvgIpc) is 3.31. The van der Waals surface area contributed by atoms with Gasteiger partial charge >= 0.3 is 0 Å². The van der Waals surface area contributed by atoms with Gasteiger partial charge in [-0.3, -0.25) is 24.6 Å². The molecule has 1 unspecified atom stereocenters. The van der Waals surface area contributed by atoms with E-state index in [9.17, 15) is 19.7 Å². The van der Waals surface area contributed by atoms with E-state index in [-0.39, 0.29) is 33.8 Å². The maximum absolute atomic E-state index is 13.5. The minimum atomic E-state index is -0.913. The maximum atomic E-state index is 13.5. The highest BCUT2D eigenvalue weighted by molar-refractivity contribution is 6.32. The van der Waals surface area contributed by atoms with Gasteiger partial charge in [-0.1, -0.05) is 16.8 Å². The van der Waals surface area contributed by atoms with Gasteiger partial charge in [0.05, 0.1) is 21.9 Å². The highest BCUT2D eigenvalue weighted by Gasteiger charge is 2.45. The van der Waals surface area contributed by atoms with Crippen molar-refractivity contribution in [2.75, 3.05) is 4.90 Å². The summed E-state index contributed by atoms with van der Waals surface area (Å²) >= 11 is 6.22. The predicted octanol–water partition coefficient (Wildman–Crippen LogP) is 4.71. The Kier molecular flexibility index (Phi) is 4.38. The lowest BCUT2D eigenvalue weighted by atomic mass is 9.98. The highest BCUT2D eigenvalue weighted by Crippen LogP contribution is 2.41. The van der Waals surface area contributed by atoms with Gasteiger partial charge in [-0.15, -0.1) is 0 Å². The zero-order chi connectivity index (χ0) is 22.7. The van der Waals surface area contributed by atoms with Crippen LogP contribution >= 0.6 is 11.6 Å². The van der Waals surface area contributed by atoms with Gasteiger partial charge in [-0.25, -0.2) is 0 Å². The number of hydrogen-bond donors (Lipinski definition) is 0. The first kappa shape index (κ1) is 20.0. The molecule has 0 fully saturated rings. The zero-order valence-electron chi connectivity index (χ0n) is 16.8. The molecule has 1 atom stereocenters. The Morgan fingerprint density at radius 1 is 1.12 bits per heavy atom. The van der Waals surface area contributed by atoms with E-state index in [1.54, 1.807) is 26.0 Å². The molecule has 0 saturated carbocycles. The van der Waals surface area contributed by atoms with Crippen LogP contribution in [0.3, 0.4) is 0 Å². The summed E-state index contributed by atoms with van der Waals surface area (Å²) in [5, 5.41) is 15.6. The second kappa shape index (κ2) is 7.03. The molecule has 4 aromatic rings. The molecule has 1 amide bonds. The molecular formula is C22H14ClN3O6. The molecule has 0 bridgehead atoms. The molecule has 3 heterocycles. The van der Waals surface area contributed by atoms with Crippen LogP contribution in [-0.2, 0) is 0 Å². The summed E-state index contributed by atoms with van der Waals surface area (Å²) in [5.74, 6) is -0.0190. The molecule has 0 spiro atoms. The van der Waals surface area contributed by atoms with Gasteiger partial charge in [0.2, 0.25) is 5.76 Å². The summed E-state index contributed by atoms with van der Waals surface area (Å²) in [5.41, 5.74) is 0.996. The van der Waals surface area contributed by atoms with Crippen LogP contribution in [-0.4, -0.2) is 16.0 Å². The largest absolute Gasteiger partial charge is 0.450 e. The number of carbonyl (C=O) groups excluding carboxylic acids is 1. The third kappa shape index (κ3) is 2.89. The normalized spacial score (nSPS) is 15.4. The summed E-state index contributed by atoms with van der Waals surface area (Å²) in [4.78, 5) is 38.8. The number of aryl methyl sites for hydroxylation is 2. The Bertz CT molecular complexity index is 1490. The van der Waals surface area contributed by atoms with Crippen molar-refractivity contribution in [1.29, 1.82) is 0 Å². The zero-order valence-corrected chi connectivity index (χ0v) is 17.5. The number of anilines is 1. The van der Waals surface area contributed by atoms with Crippen LogP contribution in [0.25, 0.3) is 11.0 Å². The molecule has 0 aliphatic carbocycles. The number of nitro groups is 1. The smallest absolute Gasteiger partial charge is 0.296 e. The summed E-state index contributed by atoms with van der Waals surface area (Å²) in [6, 6.07) is 9.39. The molecular weight excluding hydrogens is 438 g/mol. The van der Waals surface area contributed by atoms with Gasteiger partial charge in [0.15, 0.2) is 11.2 Å². The number of non-ortho nitro benzene ring substituents is 1. The van der Waals surface area contributed by atoms with Crippen molar-refractivity contribution >= 4 is 40.0 Å². The Labute approximate surface area is 184 Å². The third-order valence-corrected chi connectivity index (χ3v) is 5.84. The number of rotatable bonds is 3. The average molecular weight is 452 g/mol. The number of benzene rings is 2. The van der Waals surface area contributed by atoms with Gasteiger partial charge in [0, 0.05) is 23.2 Å². The second-order valence-electron chi connectivity index (χ2n) is 7.49. The van der Waals surface area contributed by atoms with Crippen LogP contribution in [0.2, 0.25) is 5.02 Å². The summed E-state index contributed by atoms with van der Waals surface area (Å²) < 4.78 is 11.0. The van der Waals surface area contributed by atoms with Crippen LogP contribution in [0.4, 0.5) is 11.5 Å². The number of fused-ring (bicyclic) bond motifs is 2. The first-order valence-corrected chi connectivity index (χ1v) is 9.92. The van der Waals surface area contributed by atoms with Crippen molar-refractivity contribution in [2.45, 2.75) is 19.9 Å². The number of halogens is 1. The number of nitrogens with zero attached hydrogens (tertiary/aromatic N) is 3. The fourth-order valence-corrected chi connectivity index (χ4v) is 4.05. The van der Waals surface area contributed by atoms with E-state index in [1.165, 1.54) is 35.2 Å². The van der Waals surface area contributed by atoms with Crippen molar-refractivity contribution in [2.24, 2.45) is 0 Å². The van der Waals surface area contributed by atoms with E-state index in [1.807, 2.05) is 0 Å². The minimum absolute atomic E-state index is 0.108. The quantitative estimate of drug-likeness (QED) is 0.326. The molecule has 1 aliphatic heterocycles. The third-order valence-electron chi connectivity index (χ3n) is 5.43. The molecule has 5 rings (SSSR count). The minimum Gasteiger partial charge on any atom is -0.450 e. The van der Waals surface area contributed by atoms with Gasteiger partial charge in [-0.2, -0.15) is 0 Å². The summed E-state index contributed by atoms with van der Waals surface area (Å²) in [6.07, 6.45) is 0. The summed E-state index contributed by atoms with van der Waals surface area (Å²) in [7, 11) is 0. The Morgan fingerprint density at radius 3 is 2.47 bits per heavy atom. The summed E-state index contributed by atoms with van der Waals surface area (Å²) in [6.45, 7) is 3.44. The first-order chi connectivity index (χ1) is 15.3. The molecule has 2 aromatic heterocycles. The predicted molar refractivity (Wildman–Crippen MR) is 115 cm³/mol.